The van der Waals surface area contributed by atoms with Crippen molar-refractivity contribution in [2.24, 2.45) is 0 Å². The lowest BCUT2D eigenvalue weighted by Crippen LogP contribution is -2.29. The molecule has 0 saturated carbocycles. The summed E-state index contributed by atoms with van der Waals surface area (Å²) in [4.78, 5) is 25.1. The van der Waals surface area contributed by atoms with Crippen LogP contribution >= 0.6 is 0 Å². The van der Waals surface area contributed by atoms with E-state index in [1.807, 2.05) is 60.7 Å². The van der Waals surface area contributed by atoms with E-state index in [2.05, 4.69) is 10.6 Å². The van der Waals surface area contributed by atoms with Crippen LogP contribution in [-0.2, 0) is 6.54 Å². The van der Waals surface area contributed by atoms with Gasteiger partial charge in [0.2, 0.25) is 0 Å². The second-order valence-electron chi connectivity index (χ2n) is 6.50. The lowest BCUT2D eigenvalue weighted by molar-refractivity contribution is 0.0944. The average Bonchev–Trinajstić information content (AvgIpc) is 2.81. The van der Waals surface area contributed by atoms with Crippen molar-refractivity contribution >= 4 is 11.8 Å². The van der Waals surface area contributed by atoms with Crippen LogP contribution in [0.2, 0.25) is 0 Å². The highest BCUT2D eigenvalue weighted by Crippen LogP contribution is 2.20. The molecule has 2 amide bonds. The minimum absolute atomic E-state index is 0.261. The van der Waals surface area contributed by atoms with Crippen molar-refractivity contribution < 1.29 is 19.1 Å². The Kier molecular flexibility index (Phi) is 7.44. The van der Waals surface area contributed by atoms with Crippen molar-refractivity contribution in [2.75, 3.05) is 20.3 Å². The van der Waals surface area contributed by atoms with Gasteiger partial charge in [-0.1, -0.05) is 48.5 Å². The predicted octanol–water partition coefficient (Wildman–Crippen LogP) is 3.43. The summed E-state index contributed by atoms with van der Waals surface area (Å²) in [7, 11) is 1.49. The molecular weight excluding hydrogens is 380 g/mol. The highest BCUT2D eigenvalue weighted by molar-refractivity contribution is 6.01. The Morgan fingerprint density at radius 1 is 0.833 bits per heavy atom. The maximum absolute atomic E-state index is 12.6. The number of rotatable bonds is 9. The molecular formula is C24H24N2O4. The highest BCUT2D eigenvalue weighted by atomic mass is 16.5. The first-order chi connectivity index (χ1) is 14.7. The third kappa shape index (κ3) is 5.85. The summed E-state index contributed by atoms with van der Waals surface area (Å²) in [5.41, 5.74) is 1.68. The SMILES string of the molecule is COc1ccc(C(=O)NCc2ccccc2)cc1C(=O)NCCOc1ccccc1. The standard InChI is InChI=1S/C24H24N2O4/c1-29-22-13-12-19(23(27)26-17-18-8-4-2-5-9-18)16-21(22)24(28)25-14-15-30-20-10-6-3-7-11-20/h2-13,16H,14-15,17H2,1H3,(H,25,28)(H,26,27). The van der Waals surface area contributed by atoms with Crippen molar-refractivity contribution in [1.29, 1.82) is 0 Å². The zero-order valence-electron chi connectivity index (χ0n) is 16.8. The highest BCUT2D eigenvalue weighted by Gasteiger charge is 2.16. The van der Waals surface area contributed by atoms with Gasteiger partial charge in [0.15, 0.2) is 0 Å². The van der Waals surface area contributed by atoms with Gasteiger partial charge in [-0.05, 0) is 35.9 Å². The summed E-state index contributed by atoms with van der Waals surface area (Å²) in [6, 6.07) is 23.8. The van der Waals surface area contributed by atoms with Crippen molar-refractivity contribution in [3.8, 4) is 11.5 Å². The Morgan fingerprint density at radius 3 is 2.23 bits per heavy atom. The number of ether oxygens (including phenoxy) is 2. The summed E-state index contributed by atoms with van der Waals surface area (Å²) in [6.07, 6.45) is 0. The molecule has 0 radical (unpaired) electrons. The second kappa shape index (κ2) is 10.7. The van der Waals surface area contributed by atoms with E-state index in [1.165, 1.54) is 13.2 Å². The number of amides is 2. The second-order valence-corrected chi connectivity index (χ2v) is 6.50. The molecule has 0 aliphatic carbocycles. The molecule has 0 aliphatic rings. The van der Waals surface area contributed by atoms with Gasteiger partial charge in [-0.2, -0.15) is 0 Å². The molecule has 0 heterocycles. The van der Waals surface area contributed by atoms with Crippen LogP contribution in [0.15, 0.2) is 78.9 Å². The van der Waals surface area contributed by atoms with Crippen molar-refractivity contribution in [3.05, 3.63) is 95.6 Å². The molecule has 2 N–H and O–H groups in total. The third-order valence-corrected chi connectivity index (χ3v) is 4.40. The predicted molar refractivity (Wildman–Crippen MR) is 115 cm³/mol. The molecule has 154 valence electrons. The first-order valence-electron chi connectivity index (χ1n) is 9.63. The van der Waals surface area contributed by atoms with E-state index >= 15 is 0 Å². The largest absolute Gasteiger partial charge is 0.496 e. The summed E-state index contributed by atoms with van der Waals surface area (Å²) in [5, 5.41) is 5.65. The van der Waals surface area contributed by atoms with Crippen molar-refractivity contribution in [2.45, 2.75) is 6.54 Å². The molecule has 0 spiro atoms. The molecule has 0 atom stereocenters. The molecule has 0 bridgehead atoms. The maximum Gasteiger partial charge on any atom is 0.255 e. The molecule has 6 nitrogen and oxygen atoms in total. The normalized spacial score (nSPS) is 10.2. The third-order valence-electron chi connectivity index (χ3n) is 4.40. The van der Waals surface area contributed by atoms with E-state index in [4.69, 9.17) is 9.47 Å². The van der Waals surface area contributed by atoms with E-state index in [-0.39, 0.29) is 11.8 Å². The zero-order chi connectivity index (χ0) is 21.2. The number of hydrogen-bond acceptors (Lipinski definition) is 4. The number of para-hydroxylation sites is 1. The Morgan fingerprint density at radius 2 is 1.53 bits per heavy atom. The number of hydrogen-bond donors (Lipinski definition) is 2. The van der Waals surface area contributed by atoms with Gasteiger partial charge in [0, 0.05) is 12.1 Å². The number of benzene rings is 3. The first-order valence-corrected chi connectivity index (χ1v) is 9.63. The van der Waals surface area contributed by atoms with E-state index in [0.29, 0.717) is 36.6 Å². The topological polar surface area (TPSA) is 76.7 Å². The van der Waals surface area contributed by atoms with Gasteiger partial charge in [0.25, 0.3) is 11.8 Å². The van der Waals surface area contributed by atoms with E-state index in [9.17, 15) is 9.59 Å². The lowest BCUT2D eigenvalue weighted by atomic mass is 10.1. The van der Waals surface area contributed by atoms with Crippen LogP contribution < -0.4 is 20.1 Å². The summed E-state index contributed by atoms with van der Waals surface area (Å²) >= 11 is 0. The average molecular weight is 404 g/mol. The molecule has 3 rings (SSSR count). The molecule has 0 aromatic heterocycles. The van der Waals surface area contributed by atoms with Crippen LogP contribution in [-0.4, -0.2) is 32.1 Å². The molecule has 6 heteroatoms. The summed E-state index contributed by atoms with van der Waals surface area (Å²) < 4.78 is 10.9. The monoisotopic (exact) mass is 404 g/mol. The minimum Gasteiger partial charge on any atom is -0.496 e. The van der Waals surface area contributed by atoms with Crippen molar-refractivity contribution in [3.63, 3.8) is 0 Å². The maximum atomic E-state index is 12.6. The molecule has 0 saturated heterocycles. The van der Waals surface area contributed by atoms with Gasteiger partial charge >= 0.3 is 0 Å². The Hall–Kier alpha value is -3.80. The molecule has 3 aromatic carbocycles. The first kappa shape index (κ1) is 20.9. The number of methoxy groups -OCH3 is 1. The quantitative estimate of drug-likeness (QED) is 0.536. The molecule has 30 heavy (non-hydrogen) atoms. The zero-order valence-corrected chi connectivity index (χ0v) is 16.8. The van der Waals surface area contributed by atoms with Crippen LogP contribution in [0.1, 0.15) is 26.3 Å². The number of carbonyl (C=O) groups is 2. The van der Waals surface area contributed by atoms with Gasteiger partial charge in [0.1, 0.15) is 18.1 Å². The number of nitrogens with one attached hydrogen (secondary N) is 2. The van der Waals surface area contributed by atoms with Crippen LogP contribution in [0.5, 0.6) is 11.5 Å². The molecule has 0 aliphatic heterocycles. The fraction of sp³-hybridized carbons (Fsp3) is 0.167. The van der Waals surface area contributed by atoms with E-state index in [1.54, 1.807) is 12.1 Å². The van der Waals surface area contributed by atoms with Gasteiger partial charge in [-0.25, -0.2) is 0 Å². The smallest absolute Gasteiger partial charge is 0.255 e. The fourth-order valence-corrected chi connectivity index (χ4v) is 2.85. The van der Waals surface area contributed by atoms with Crippen molar-refractivity contribution in [1.82, 2.24) is 10.6 Å². The lowest BCUT2D eigenvalue weighted by Gasteiger charge is -2.12. The van der Waals surface area contributed by atoms with Gasteiger partial charge in [-0.15, -0.1) is 0 Å². The summed E-state index contributed by atoms with van der Waals surface area (Å²) in [6.45, 7) is 1.06. The van der Waals surface area contributed by atoms with Gasteiger partial charge in [0.05, 0.1) is 19.2 Å². The van der Waals surface area contributed by atoms with Crippen LogP contribution in [0, 0.1) is 0 Å². The Bertz CT molecular complexity index is 975. The van der Waals surface area contributed by atoms with Gasteiger partial charge < -0.3 is 20.1 Å². The minimum atomic E-state index is -0.332. The van der Waals surface area contributed by atoms with Gasteiger partial charge in [-0.3, -0.25) is 9.59 Å². The van der Waals surface area contributed by atoms with E-state index in [0.717, 1.165) is 11.3 Å². The Balaban J connectivity index is 1.58. The molecule has 0 fully saturated rings. The Labute approximate surface area is 175 Å². The van der Waals surface area contributed by atoms with Crippen LogP contribution in [0.4, 0.5) is 0 Å². The van der Waals surface area contributed by atoms with E-state index < -0.39 is 0 Å². The fourth-order valence-electron chi connectivity index (χ4n) is 2.85. The molecule has 3 aromatic rings. The summed E-state index contributed by atoms with van der Waals surface area (Å²) in [5.74, 6) is 0.543. The van der Waals surface area contributed by atoms with Crippen LogP contribution in [0.3, 0.4) is 0 Å². The number of carbonyl (C=O) groups excluding carboxylic acids is 2. The molecule has 0 unspecified atom stereocenters. The van der Waals surface area contributed by atoms with Crippen LogP contribution in [0.25, 0.3) is 0 Å².